The van der Waals surface area contributed by atoms with Crippen LogP contribution in [-0.2, 0) is 17.6 Å². The van der Waals surface area contributed by atoms with Gasteiger partial charge in [-0.25, -0.2) is 0 Å². The Kier molecular flexibility index (Phi) is 4.58. The molecule has 110 valence electrons. The number of nitrogens with zero attached hydrogens (tertiary/aromatic N) is 2. The zero-order chi connectivity index (χ0) is 13.8. The minimum Gasteiger partial charge on any atom is -0.379 e. The minimum absolute atomic E-state index is 0.908. The van der Waals surface area contributed by atoms with Crippen molar-refractivity contribution >= 4 is 5.69 Å². The van der Waals surface area contributed by atoms with Crippen LogP contribution in [-0.4, -0.2) is 50.8 Å². The zero-order valence-electron chi connectivity index (χ0n) is 12.6. The van der Waals surface area contributed by atoms with Gasteiger partial charge in [0, 0.05) is 31.9 Å². The second-order valence-corrected chi connectivity index (χ2v) is 5.85. The first-order chi connectivity index (χ1) is 9.86. The Balaban J connectivity index is 1.51. The average Bonchev–Trinajstić information content (AvgIpc) is 2.90. The number of likely N-dealkylation sites (N-methyl/N-ethyl adjacent to an activating group) is 1. The van der Waals surface area contributed by atoms with Gasteiger partial charge in [-0.05, 0) is 49.9 Å². The van der Waals surface area contributed by atoms with Crippen molar-refractivity contribution in [1.29, 1.82) is 0 Å². The SMILES string of the molecule is CCN1CCc2cc(CCCN3CCOCC3)ccc21. The Morgan fingerprint density at radius 1 is 1.15 bits per heavy atom. The van der Waals surface area contributed by atoms with E-state index in [-0.39, 0.29) is 0 Å². The lowest BCUT2D eigenvalue weighted by Gasteiger charge is -2.26. The molecule has 20 heavy (non-hydrogen) atoms. The molecule has 0 atom stereocenters. The molecule has 0 aliphatic carbocycles. The molecule has 2 aliphatic heterocycles. The van der Waals surface area contributed by atoms with E-state index in [9.17, 15) is 0 Å². The van der Waals surface area contributed by atoms with Crippen LogP contribution in [0.3, 0.4) is 0 Å². The van der Waals surface area contributed by atoms with Crippen molar-refractivity contribution in [2.45, 2.75) is 26.2 Å². The van der Waals surface area contributed by atoms with Gasteiger partial charge in [0.25, 0.3) is 0 Å². The van der Waals surface area contributed by atoms with Gasteiger partial charge in [-0.15, -0.1) is 0 Å². The molecular formula is C17H26N2O. The van der Waals surface area contributed by atoms with Crippen LogP contribution < -0.4 is 4.90 Å². The fourth-order valence-electron chi connectivity index (χ4n) is 3.34. The molecule has 1 aromatic rings. The van der Waals surface area contributed by atoms with E-state index in [4.69, 9.17) is 4.74 Å². The molecule has 1 saturated heterocycles. The number of anilines is 1. The van der Waals surface area contributed by atoms with E-state index in [2.05, 4.69) is 34.9 Å². The van der Waals surface area contributed by atoms with Crippen molar-refractivity contribution in [2.24, 2.45) is 0 Å². The van der Waals surface area contributed by atoms with Crippen LogP contribution in [0.5, 0.6) is 0 Å². The van der Waals surface area contributed by atoms with Gasteiger partial charge >= 0.3 is 0 Å². The third-order valence-corrected chi connectivity index (χ3v) is 4.56. The highest BCUT2D eigenvalue weighted by Crippen LogP contribution is 2.28. The zero-order valence-corrected chi connectivity index (χ0v) is 12.6. The van der Waals surface area contributed by atoms with Gasteiger partial charge in [-0.3, -0.25) is 4.90 Å². The first-order valence-electron chi connectivity index (χ1n) is 8.03. The van der Waals surface area contributed by atoms with E-state index >= 15 is 0 Å². The van der Waals surface area contributed by atoms with Crippen LogP contribution in [0.15, 0.2) is 18.2 Å². The summed E-state index contributed by atoms with van der Waals surface area (Å²) in [5, 5.41) is 0. The van der Waals surface area contributed by atoms with Crippen LogP contribution in [0.25, 0.3) is 0 Å². The molecule has 0 amide bonds. The summed E-state index contributed by atoms with van der Waals surface area (Å²) in [6.45, 7) is 9.81. The minimum atomic E-state index is 0.908. The standard InChI is InChI=1S/C17H26N2O/c1-2-19-9-7-16-14-15(5-6-17(16)19)4-3-8-18-10-12-20-13-11-18/h5-6,14H,2-4,7-13H2,1H3. The van der Waals surface area contributed by atoms with E-state index in [1.807, 2.05) is 0 Å². The molecule has 1 aromatic carbocycles. The highest BCUT2D eigenvalue weighted by Gasteiger charge is 2.17. The van der Waals surface area contributed by atoms with Crippen molar-refractivity contribution in [3.05, 3.63) is 29.3 Å². The Morgan fingerprint density at radius 3 is 2.80 bits per heavy atom. The number of fused-ring (bicyclic) bond motifs is 1. The summed E-state index contributed by atoms with van der Waals surface area (Å²) in [4.78, 5) is 5.00. The summed E-state index contributed by atoms with van der Waals surface area (Å²) in [6.07, 6.45) is 3.69. The molecule has 0 unspecified atom stereocenters. The predicted molar refractivity (Wildman–Crippen MR) is 83.6 cm³/mol. The van der Waals surface area contributed by atoms with Gasteiger partial charge in [-0.2, -0.15) is 0 Å². The van der Waals surface area contributed by atoms with E-state index in [1.54, 1.807) is 5.56 Å². The molecule has 3 heteroatoms. The van der Waals surface area contributed by atoms with Crippen molar-refractivity contribution < 1.29 is 4.74 Å². The van der Waals surface area contributed by atoms with Gasteiger partial charge in [0.15, 0.2) is 0 Å². The summed E-state index contributed by atoms with van der Waals surface area (Å²) in [7, 11) is 0. The maximum atomic E-state index is 5.39. The normalized spacial score (nSPS) is 19.4. The summed E-state index contributed by atoms with van der Waals surface area (Å²) in [5.41, 5.74) is 4.52. The number of morpholine rings is 1. The summed E-state index contributed by atoms with van der Waals surface area (Å²) < 4.78 is 5.39. The predicted octanol–water partition coefficient (Wildman–Crippen LogP) is 2.33. The molecule has 1 fully saturated rings. The largest absolute Gasteiger partial charge is 0.379 e. The van der Waals surface area contributed by atoms with Gasteiger partial charge in [-0.1, -0.05) is 12.1 Å². The van der Waals surface area contributed by atoms with Crippen LogP contribution >= 0.6 is 0 Å². The van der Waals surface area contributed by atoms with E-state index in [1.165, 1.54) is 43.6 Å². The van der Waals surface area contributed by atoms with Gasteiger partial charge < -0.3 is 9.64 Å². The van der Waals surface area contributed by atoms with E-state index in [0.29, 0.717) is 0 Å². The average molecular weight is 274 g/mol. The van der Waals surface area contributed by atoms with Crippen LogP contribution in [0.4, 0.5) is 5.69 Å². The second-order valence-electron chi connectivity index (χ2n) is 5.85. The van der Waals surface area contributed by atoms with E-state index < -0.39 is 0 Å². The lowest BCUT2D eigenvalue weighted by molar-refractivity contribution is 0.0375. The number of ether oxygens (including phenoxy) is 1. The number of benzene rings is 1. The molecule has 0 aromatic heterocycles. The van der Waals surface area contributed by atoms with E-state index in [0.717, 1.165) is 32.8 Å². The molecule has 0 spiro atoms. The molecule has 0 bridgehead atoms. The molecule has 2 aliphatic rings. The molecule has 0 saturated carbocycles. The van der Waals surface area contributed by atoms with Gasteiger partial charge in [0.2, 0.25) is 0 Å². The smallest absolute Gasteiger partial charge is 0.0594 e. The van der Waals surface area contributed by atoms with Crippen LogP contribution in [0.1, 0.15) is 24.5 Å². The maximum Gasteiger partial charge on any atom is 0.0594 e. The first-order valence-corrected chi connectivity index (χ1v) is 8.03. The Bertz CT molecular complexity index is 441. The Labute approximate surface area is 122 Å². The fraction of sp³-hybridized carbons (Fsp3) is 0.647. The Hall–Kier alpha value is -1.06. The maximum absolute atomic E-state index is 5.39. The summed E-state index contributed by atoms with van der Waals surface area (Å²) >= 11 is 0. The van der Waals surface area contributed by atoms with Crippen molar-refractivity contribution in [1.82, 2.24) is 4.90 Å². The Morgan fingerprint density at radius 2 is 2.00 bits per heavy atom. The number of rotatable bonds is 5. The molecule has 0 radical (unpaired) electrons. The molecule has 0 N–H and O–H groups in total. The monoisotopic (exact) mass is 274 g/mol. The molecule has 2 heterocycles. The molecule has 3 rings (SSSR count). The van der Waals surface area contributed by atoms with Crippen molar-refractivity contribution in [3.8, 4) is 0 Å². The highest BCUT2D eigenvalue weighted by molar-refractivity contribution is 5.59. The van der Waals surface area contributed by atoms with Crippen LogP contribution in [0.2, 0.25) is 0 Å². The highest BCUT2D eigenvalue weighted by atomic mass is 16.5. The number of hydrogen-bond donors (Lipinski definition) is 0. The number of hydrogen-bond acceptors (Lipinski definition) is 3. The van der Waals surface area contributed by atoms with Gasteiger partial charge in [0.1, 0.15) is 0 Å². The third-order valence-electron chi connectivity index (χ3n) is 4.56. The summed E-state index contributed by atoms with van der Waals surface area (Å²) in [5.74, 6) is 0. The van der Waals surface area contributed by atoms with Crippen molar-refractivity contribution in [2.75, 3.05) is 50.8 Å². The first kappa shape index (κ1) is 13.9. The fourth-order valence-corrected chi connectivity index (χ4v) is 3.34. The molecular weight excluding hydrogens is 248 g/mol. The third kappa shape index (κ3) is 3.15. The topological polar surface area (TPSA) is 15.7 Å². The van der Waals surface area contributed by atoms with Crippen molar-refractivity contribution in [3.63, 3.8) is 0 Å². The quantitative estimate of drug-likeness (QED) is 0.819. The molecule has 3 nitrogen and oxygen atoms in total. The second kappa shape index (κ2) is 6.59. The lowest BCUT2D eigenvalue weighted by Crippen LogP contribution is -2.36. The lowest BCUT2D eigenvalue weighted by atomic mass is 10.0. The number of aryl methyl sites for hydroxylation is 1. The summed E-state index contributed by atoms with van der Waals surface area (Å²) in [6, 6.07) is 7.09. The van der Waals surface area contributed by atoms with Crippen LogP contribution in [0, 0.1) is 0 Å². The van der Waals surface area contributed by atoms with Gasteiger partial charge in [0.05, 0.1) is 13.2 Å².